The molecule has 3 N–H and O–H groups in total. The molecule has 1 rings (SSSR count). The molecular weight excluding hydrogens is 298 g/mol. The predicted octanol–water partition coefficient (Wildman–Crippen LogP) is 2.15. The van der Waals surface area contributed by atoms with E-state index in [-0.39, 0.29) is 36.5 Å². The molecule has 0 aliphatic carbocycles. The van der Waals surface area contributed by atoms with Crippen LogP contribution >= 0.6 is 11.3 Å². The van der Waals surface area contributed by atoms with Crippen LogP contribution in [-0.4, -0.2) is 35.8 Å². The van der Waals surface area contributed by atoms with Crippen LogP contribution < -0.4 is 11.1 Å². The second-order valence-electron chi connectivity index (χ2n) is 6.85. The van der Waals surface area contributed by atoms with E-state index in [9.17, 15) is 9.59 Å². The van der Waals surface area contributed by atoms with E-state index in [1.54, 1.807) is 16.2 Å². The van der Waals surface area contributed by atoms with Gasteiger partial charge in [-0.3, -0.25) is 14.5 Å². The molecule has 1 aromatic heterocycles. The first-order valence-electron chi connectivity index (χ1n) is 7.46. The number of carbonyl (C=O) groups excluding carboxylic acids is 2. The van der Waals surface area contributed by atoms with Crippen molar-refractivity contribution in [3.63, 3.8) is 0 Å². The van der Waals surface area contributed by atoms with Gasteiger partial charge in [0.25, 0.3) is 0 Å². The van der Waals surface area contributed by atoms with Gasteiger partial charge in [-0.15, -0.1) is 11.3 Å². The molecule has 5 nitrogen and oxygen atoms in total. The van der Waals surface area contributed by atoms with E-state index in [1.807, 2.05) is 31.4 Å². The first-order valence-corrected chi connectivity index (χ1v) is 8.34. The Balaban J connectivity index is 2.77. The molecule has 2 amide bonds. The maximum Gasteiger partial charge on any atom is 0.234 e. The third kappa shape index (κ3) is 5.77. The van der Waals surface area contributed by atoms with E-state index in [0.717, 1.165) is 4.88 Å². The number of nitrogens with zero attached hydrogens (tertiary/aromatic N) is 1. The molecule has 1 atom stereocenters. The average molecular weight is 325 g/mol. The zero-order chi connectivity index (χ0) is 16.9. The van der Waals surface area contributed by atoms with Crippen molar-refractivity contribution in [2.45, 2.75) is 46.7 Å². The molecule has 124 valence electrons. The third-order valence-electron chi connectivity index (χ3n) is 3.43. The lowest BCUT2D eigenvalue weighted by Gasteiger charge is -2.32. The van der Waals surface area contributed by atoms with Gasteiger partial charge >= 0.3 is 0 Å². The highest BCUT2D eigenvalue weighted by Crippen LogP contribution is 2.35. The Morgan fingerprint density at radius 3 is 2.36 bits per heavy atom. The summed E-state index contributed by atoms with van der Waals surface area (Å²) in [5.74, 6) is -0.518. The SMILES string of the molecule is CC(C)N(CC(N)=O)CC(=O)N[C@H](c1cccs1)C(C)(C)C. The van der Waals surface area contributed by atoms with E-state index in [1.165, 1.54) is 0 Å². The molecule has 0 aliphatic rings. The van der Waals surface area contributed by atoms with Crippen LogP contribution in [0, 0.1) is 5.41 Å². The van der Waals surface area contributed by atoms with Crippen LogP contribution in [0.5, 0.6) is 0 Å². The summed E-state index contributed by atoms with van der Waals surface area (Å²) in [5.41, 5.74) is 5.15. The van der Waals surface area contributed by atoms with Crippen molar-refractivity contribution in [2.24, 2.45) is 11.1 Å². The maximum atomic E-state index is 12.4. The van der Waals surface area contributed by atoms with Crippen LogP contribution in [0.4, 0.5) is 0 Å². The Labute approximate surface area is 136 Å². The van der Waals surface area contributed by atoms with E-state index >= 15 is 0 Å². The molecule has 22 heavy (non-hydrogen) atoms. The van der Waals surface area contributed by atoms with Crippen LogP contribution in [0.3, 0.4) is 0 Å². The fraction of sp³-hybridized carbons (Fsp3) is 0.625. The number of primary amides is 1. The molecule has 1 heterocycles. The Morgan fingerprint density at radius 1 is 1.32 bits per heavy atom. The van der Waals surface area contributed by atoms with Gasteiger partial charge in [0.1, 0.15) is 0 Å². The second-order valence-corrected chi connectivity index (χ2v) is 7.83. The lowest BCUT2D eigenvalue weighted by molar-refractivity contribution is -0.125. The van der Waals surface area contributed by atoms with Crippen LogP contribution in [0.2, 0.25) is 0 Å². The number of nitrogens with two attached hydrogens (primary N) is 1. The van der Waals surface area contributed by atoms with Gasteiger partial charge in [-0.1, -0.05) is 26.8 Å². The van der Waals surface area contributed by atoms with Crippen LogP contribution in [0.1, 0.15) is 45.5 Å². The molecule has 6 heteroatoms. The van der Waals surface area contributed by atoms with Crippen LogP contribution in [-0.2, 0) is 9.59 Å². The van der Waals surface area contributed by atoms with Gasteiger partial charge in [0.05, 0.1) is 19.1 Å². The molecule has 0 saturated heterocycles. The fourth-order valence-corrected chi connectivity index (χ4v) is 3.20. The van der Waals surface area contributed by atoms with Crippen molar-refractivity contribution in [3.05, 3.63) is 22.4 Å². The molecular formula is C16H27N3O2S. The number of thiophene rings is 1. The number of hydrogen-bond acceptors (Lipinski definition) is 4. The zero-order valence-electron chi connectivity index (χ0n) is 14.1. The minimum atomic E-state index is -0.424. The van der Waals surface area contributed by atoms with Crippen molar-refractivity contribution >= 4 is 23.2 Å². The summed E-state index contributed by atoms with van der Waals surface area (Å²) in [6.45, 7) is 10.4. The van der Waals surface area contributed by atoms with Crippen molar-refractivity contribution in [1.29, 1.82) is 0 Å². The van der Waals surface area contributed by atoms with Crippen molar-refractivity contribution < 1.29 is 9.59 Å². The Hall–Kier alpha value is -1.40. The van der Waals surface area contributed by atoms with Crippen LogP contribution in [0.25, 0.3) is 0 Å². The lowest BCUT2D eigenvalue weighted by Crippen LogP contribution is -2.46. The summed E-state index contributed by atoms with van der Waals surface area (Å²) >= 11 is 1.63. The van der Waals surface area contributed by atoms with Crippen molar-refractivity contribution in [3.8, 4) is 0 Å². The normalized spacial score (nSPS) is 13.4. The number of amides is 2. The van der Waals surface area contributed by atoms with E-state index in [0.29, 0.717) is 0 Å². The summed E-state index contributed by atoms with van der Waals surface area (Å²) in [4.78, 5) is 26.4. The molecule has 0 fully saturated rings. The second kappa shape index (κ2) is 7.74. The molecule has 1 aromatic rings. The van der Waals surface area contributed by atoms with Crippen molar-refractivity contribution in [2.75, 3.05) is 13.1 Å². The molecule has 0 spiro atoms. The van der Waals surface area contributed by atoms with E-state index in [4.69, 9.17) is 5.73 Å². The zero-order valence-corrected chi connectivity index (χ0v) is 14.9. The largest absolute Gasteiger partial charge is 0.369 e. The van der Waals surface area contributed by atoms with E-state index < -0.39 is 5.91 Å². The molecule has 0 aliphatic heterocycles. The summed E-state index contributed by atoms with van der Waals surface area (Å²) in [6.07, 6.45) is 0. The highest BCUT2D eigenvalue weighted by atomic mass is 32.1. The summed E-state index contributed by atoms with van der Waals surface area (Å²) in [5, 5.41) is 5.10. The highest BCUT2D eigenvalue weighted by molar-refractivity contribution is 7.10. The van der Waals surface area contributed by atoms with Gasteiger partial charge in [-0.05, 0) is 30.7 Å². The van der Waals surface area contributed by atoms with Gasteiger partial charge in [0.2, 0.25) is 11.8 Å². The molecule has 0 aromatic carbocycles. The predicted molar refractivity (Wildman–Crippen MR) is 90.6 cm³/mol. The van der Waals surface area contributed by atoms with Crippen LogP contribution in [0.15, 0.2) is 17.5 Å². The summed E-state index contributed by atoms with van der Waals surface area (Å²) < 4.78 is 0. The Kier molecular flexibility index (Phi) is 6.56. The molecule has 0 saturated carbocycles. The number of nitrogens with one attached hydrogen (secondary N) is 1. The molecule has 0 radical (unpaired) electrons. The first kappa shape index (κ1) is 18.6. The van der Waals surface area contributed by atoms with Crippen molar-refractivity contribution in [1.82, 2.24) is 10.2 Å². The smallest absolute Gasteiger partial charge is 0.234 e. The Morgan fingerprint density at radius 2 is 1.95 bits per heavy atom. The first-order chi connectivity index (χ1) is 10.1. The monoisotopic (exact) mass is 325 g/mol. The maximum absolute atomic E-state index is 12.4. The minimum Gasteiger partial charge on any atom is -0.369 e. The molecule has 0 bridgehead atoms. The summed E-state index contributed by atoms with van der Waals surface area (Å²) in [6, 6.07) is 4.04. The van der Waals surface area contributed by atoms with Gasteiger partial charge in [0.15, 0.2) is 0 Å². The average Bonchev–Trinajstić information content (AvgIpc) is 2.86. The quantitative estimate of drug-likeness (QED) is 0.806. The van der Waals surface area contributed by atoms with Gasteiger partial charge in [-0.25, -0.2) is 0 Å². The summed E-state index contributed by atoms with van der Waals surface area (Å²) in [7, 11) is 0. The molecule has 0 unspecified atom stereocenters. The van der Waals surface area contributed by atoms with E-state index in [2.05, 4.69) is 26.1 Å². The fourth-order valence-electron chi connectivity index (χ4n) is 2.18. The standard InChI is InChI=1S/C16H27N3O2S/c1-11(2)19(9-13(17)20)10-14(21)18-15(16(3,4)5)12-7-6-8-22-12/h6-8,11,15H,9-10H2,1-5H3,(H2,17,20)(H,18,21)/t15-/m1/s1. The number of rotatable bonds is 7. The topological polar surface area (TPSA) is 75.4 Å². The van der Waals surface area contributed by atoms with Gasteiger partial charge in [-0.2, -0.15) is 0 Å². The highest BCUT2D eigenvalue weighted by Gasteiger charge is 2.29. The lowest BCUT2D eigenvalue weighted by atomic mass is 9.85. The van der Waals surface area contributed by atoms with Gasteiger partial charge in [0, 0.05) is 10.9 Å². The van der Waals surface area contributed by atoms with Gasteiger partial charge < -0.3 is 11.1 Å². The number of hydrogen-bond donors (Lipinski definition) is 2. The Bertz CT molecular complexity index is 492. The minimum absolute atomic E-state index is 0.0532. The third-order valence-corrected chi connectivity index (χ3v) is 4.37. The number of carbonyl (C=O) groups is 2.